The van der Waals surface area contributed by atoms with Gasteiger partial charge in [0.15, 0.2) is 11.5 Å². The smallest absolute Gasteiger partial charge is 0.273 e. The van der Waals surface area contributed by atoms with E-state index in [1.54, 1.807) is 24.3 Å². The van der Waals surface area contributed by atoms with Crippen LogP contribution in [0.5, 0.6) is 5.75 Å². The highest BCUT2D eigenvalue weighted by Gasteiger charge is 2.14. The Balaban J connectivity index is 1.57. The number of nitrogens with one attached hydrogen (secondary N) is 1. The van der Waals surface area contributed by atoms with Gasteiger partial charge in [-0.2, -0.15) is 0 Å². The summed E-state index contributed by atoms with van der Waals surface area (Å²) >= 11 is 0. The molecule has 2 N–H and O–H groups in total. The van der Waals surface area contributed by atoms with Gasteiger partial charge in [-0.25, -0.2) is 0 Å². The molecule has 3 aromatic rings. The maximum atomic E-state index is 12.0. The van der Waals surface area contributed by atoms with Crippen LogP contribution < -0.4 is 5.32 Å². The molecule has 112 valence electrons. The fourth-order valence-electron chi connectivity index (χ4n) is 2.04. The van der Waals surface area contributed by atoms with Crippen molar-refractivity contribution in [1.29, 1.82) is 0 Å². The summed E-state index contributed by atoms with van der Waals surface area (Å²) in [7, 11) is 0. The van der Waals surface area contributed by atoms with Gasteiger partial charge in [0.1, 0.15) is 5.75 Å². The van der Waals surface area contributed by atoms with E-state index < -0.39 is 0 Å². The first-order chi connectivity index (χ1) is 10.7. The molecule has 1 aromatic carbocycles. The van der Waals surface area contributed by atoms with Gasteiger partial charge in [-0.3, -0.25) is 4.79 Å². The maximum absolute atomic E-state index is 12.0. The highest BCUT2D eigenvalue weighted by Crippen LogP contribution is 2.20. The summed E-state index contributed by atoms with van der Waals surface area (Å²) in [5.74, 6) is 0.798. The van der Waals surface area contributed by atoms with Crippen molar-refractivity contribution >= 4 is 5.91 Å². The molecule has 2 heterocycles. The third kappa shape index (κ3) is 3.01. The van der Waals surface area contributed by atoms with Crippen molar-refractivity contribution in [3.05, 3.63) is 60.0 Å². The first kappa shape index (κ1) is 13.9. The summed E-state index contributed by atoms with van der Waals surface area (Å²) in [6.07, 6.45) is 2.05. The van der Waals surface area contributed by atoms with Crippen LogP contribution in [0.3, 0.4) is 0 Å². The number of rotatable bonds is 5. The summed E-state index contributed by atoms with van der Waals surface area (Å²) in [6, 6.07) is 12.0. The van der Waals surface area contributed by atoms with Crippen LogP contribution in [0.25, 0.3) is 11.5 Å². The fourth-order valence-corrected chi connectivity index (χ4v) is 2.04. The predicted molar refractivity (Wildman–Crippen MR) is 78.3 cm³/mol. The van der Waals surface area contributed by atoms with Gasteiger partial charge in [-0.1, -0.05) is 23.4 Å². The molecule has 0 unspecified atom stereocenters. The van der Waals surface area contributed by atoms with Crippen LogP contribution in [0.15, 0.2) is 57.7 Å². The van der Waals surface area contributed by atoms with Crippen molar-refractivity contribution < 1.29 is 18.8 Å². The van der Waals surface area contributed by atoms with E-state index in [-0.39, 0.29) is 17.4 Å². The van der Waals surface area contributed by atoms with E-state index in [0.29, 0.717) is 24.5 Å². The number of amides is 1. The number of furan rings is 1. The lowest BCUT2D eigenvalue weighted by Gasteiger charge is -2.04. The summed E-state index contributed by atoms with van der Waals surface area (Å²) < 4.78 is 10.2. The molecule has 3 rings (SSSR count). The minimum Gasteiger partial charge on any atom is -0.508 e. The second kappa shape index (κ2) is 6.17. The van der Waals surface area contributed by atoms with E-state index in [2.05, 4.69) is 10.5 Å². The van der Waals surface area contributed by atoms with Gasteiger partial charge < -0.3 is 19.4 Å². The summed E-state index contributed by atoms with van der Waals surface area (Å²) in [5, 5.41) is 16.1. The molecule has 6 nitrogen and oxygen atoms in total. The lowest BCUT2D eigenvalue weighted by Crippen LogP contribution is -2.25. The number of aromatic hydroxyl groups is 1. The zero-order valence-corrected chi connectivity index (χ0v) is 11.7. The Kier molecular flexibility index (Phi) is 3.91. The Morgan fingerprint density at radius 2 is 2.05 bits per heavy atom. The first-order valence-corrected chi connectivity index (χ1v) is 6.80. The molecule has 0 bridgehead atoms. The molecule has 1 amide bonds. The first-order valence-electron chi connectivity index (χ1n) is 6.80. The van der Waals surface area contributed by atoms with Gasteiger partial charge in [0, 0.05) is 12.6 Å². The zero-order valence-electron chi connectivity index (χ0n) is 11.7. The molecular formula is C16H14N2O4. The Morgan fingerprint density at radius 3 is 2.82 bits per heavy atom. The molecular weight excluding hydrogens is 284 g/mol. The van der Waals surface area contributed by atoms with Crippen molar-refractivity contribution in [1.82, 2.24) is 10.5 Å². The molecule has 0 atom stereocenters. The quantitative estimate of drug-likeness (QED) is 0.756. The van der Waals surface area contributed by atoms with Crippen molar-refractivity contribution in [3.63, 3.8) is 0 Å². The monoisotopic (exact) mass is 298 g/mol. The van der Waals surface area contributed by atoms with Crippen molar-refractivity contribution in [2.24, 2.45) is 0 Å². The van der Waals surface area contributed by atoms with E-state index in [1.807, 2.05) is 12.1 Å². The number of aromatic nitrogens is 1. The van der Waals surface area contributed by atoms with Crippen molar-refractivity contribution in [3.8, 4) is 17.3 Å². The Labute approximate surface area is 126 Å². The van der Waals surface area contributed by atoms with Gasteiger partial charge in [0.05, 0.1) is 6.26 Å². The van der Waals surface area contributed by atoms with Gasteiger partial charge in [0.2, 0.25) is 5.76 Å². The number of carbonyl (C=O) groups excluding carboxylic acids is 1. The summed E-state index contributed by atoms with van der Waals surface area (Å²) in [6.45, 7) is 0.388. The second-order valence-corrected chi connectivity index (χ2v) is 4.69. The summed E-state index contributed by atoms with van der Waals surface area (Å²) in [5.41, 5.74) is 0.961. The SMILES string of the molecule is O=C(NCCc1ccccc1O)c1cc(-c2ccco2)on1. The largest absolute Gasteiger partial charge is 0.508 e. The van der Waals surface area contributed by atoms with Crippen LogP contribution in [0.1, 0.15) is 16.1 Å². The normalized spacial score (nSPS) is 10.5. The lowest BCUT2D eigenvalue weighted by atomic mass is 10.1. The van der Waals surface area contributed by atoms with E-state index in [9.17, 15) is 9.90 Å². The van der Waals surface area contributed by atoms with E-state index in [0.717, 1.165) is 5.56 Å². The van der Waals surface area contributed by atoms with Gasteiger partial charge >= 0.3 is 0 Å². The molecule has 0 saturated carbocycles. The van der Waals surface area contributed by atoms with Crippen LogP contribution in [0, 0.1) is 0 Å². The lowest BCUT2D eigenvalue weighted by molar-refractivity contribution is 0.0945. The number of phenols is 1. The molecule has 0 radical (unpaired) electrons. The Bertz CT molecular complexity index is 762. The highest BCUT2D eigenvalue weighted by atomic mass is 16.5. The number of para-hydroxylation sites is 1. The molecule has 0 fully saturated rings. The van der Waals surface area contributed by atoms with E-state index in [4.69, 9.17) is 8.94 Å². The van der Waals surface area contributed by atoms with Crippen LogP contribution >= 0.6 is 0 Å². The Morgan fingerprint density at radius 1 is 1.18 bits per heavy atom. The number of benzene rings is 1. The predicted octanol–water partition coefficient (Wildman–Crippen LogP) is 2.61. The second-order valence-electron chi connectivity index (χ2n) is 4.69. The topological polar surface area (TPSA) is 88.5 Å². The molecule has 6 heteroatoms. The molecule has 0 aliphatic carbocycles. The fraction of sp³-hybridized carbons (Fsp3) is 0.125. The number of carbonyl (C=O) groups is 1. The van der Waals surface area contributed by atoms with Gasteiger partial charge in [-0.15, -0.1) is 0 Å². The number of phenolic OH excluding ortho intramolecular Hbond substituents is 1. The average Bonchev–Trinajstić information content (AvgIpc) is 3.20. The molecule has 0 spiro atoms. The molecule has 2 aromatic heterocycles. The standard InChI is InChI=1S/C16H14N2O4/c19-13-5-2-1-4-11(13)7-8-17-16(20)12-10-15(22-18-12)14-6-3-9-21-14/h1-6,9-10,19H,7-8H2,(H,17,20). The minimum atomic E-state index is -0.336. The van der Waals surface area contributed by atoms with Crippen LogP contribution in [-0.2, 0) is 6.42 Å². The molecule has 0 aliphatic heterocycles. The minimum absolute atomic E-state index is 0.184. The number of hydrogen-bond acceptors (Lipinski definition) is 5. The van der Waals surface area contributed by atoms with Gasteiger partial charge in [0.25, 0.3) is 5.91 Å². The summed E-state index contributed by atoms with van der Waals surface area (Å²) in [4.78, 5) is 12.0. The van der Waals surface area contributed by atoms with Crippen molar-refractivity contribution in [2.45, 2.75) is 6.42 Å². The van der Waals surface area contributed by atoms with Crippen molar-refractivity contribution in [2.75, 3.05) is 6.54 Å². The van der Waals surface area contributed by atoms with Crippen LogP contribution in [-0.4, -0.2) is 22.7 Å². The van der Waals surface area contributed by atoms with Gasteiger partial charge in [-0.05, 0) is 30.2 Å². The number of nitrogens with zero attached hydrogens (tertiary/aromatic N) is 1. The number of hydrogen-bond donors (Lipinski definition) is 2. The van der Waals surface area contributed by atoms with Crippen LogP contribution in [0.4, 0.5) is 0 Å². The zero-order chi connectivity index (χ0) is 15.4. The molecule has 0 aliphatic rings. The molecule has 0 saturated heterocycles. The maximum Gasteiger partial charge on any atom is 0.273 e. The van der Waals surface area contributed by atoms with Crippen LogP contribution in [0.2, 0.25) is 0 Å². The Hall–Kier alpha value is -3.02. The molecule has 22 heavy (non-hydrogen) atoms. The third-order valence-electron chi connectivity index (χ3n) is 3.18. The third-order valence-corrected chi connectivity index (χ3v) is 3.18. The average molecular weight is 298 g/mol. The highest BCUT2D eigenvalue weighted by molar-refractivity contribution is 5.92. The van der Waals surface area contributed by atoms with E-state index >= 15 is 0 Å². The van der Waals surface area contributed by atoms with E-state index in [1.165, 1.54) is 12.3 Å².